The smallest absolute Gasteiger partial charge is 0.220 e. The molecule has 82 valence electrons. The summed E-state index contributed by atoms with van der Waals surface area (Å²) in [5, 5.41) is 2.70. The van der Waals surface area contributed by atoms with E-state index in [-0.39, 0.29) is 11.9 Å². The molecule has 1 unspecified atom stereocenters. The van der Waals surface area contributed by atoms with Crippen LogP contribution < -0.4 is 11.1 Å². The van der Waals surface area contributed by atoms with Crippen LogP contribution in [-0.2, 0) is 9.53 Å². The number of nitrogens with two attached hydrogens (primary N) is 1. The highest BCUT2D eigenvalue weighted by molar-refractivity contribution is 7.80. The van der Waals surface area contributed by atoms with E-state index in [2.05, 4.69) is 5.32 Å². The summed E-state index contributed by atoms with van der Waals surface area (Å²) in [6.07, 6.45) is 1.18. The van der Waals surface area contributed by atoms with Crippen molar-refractivity contribution in [3.8, 4) is 0 Å². The molecule has 0 aliphatic carbocycles. The predicted molar refractivity (Wildman–Crippen MR) is 60.1 cm³/mol. The first-order valence-corrected chi connectivity index (χ1v) is 5.15. The number of thiocarbonyl (C=S) groups is 1. The van der Waals surface area contributed by atoms with Crippen LogP contribution in [0.2, 0.25) is 0 Å². The van der Waals surface area contributed by atoms with Crippen molar-refractivity contribution < 1.29 is 9.53 Å². The number of amides is 1. The average Bonchev–Trinajstić information content (AvgIpc) is 2.12. The maximum absolute atomic E-state index is 11.2. The molecule has 0 aliphatic heterocycles. The topological polar surface area (TPSA) is 64.3 Å². The number of nitrogens with one attached hydrogen (secondary N) is 1. The standard InChI is InChI=1S/C9H18N2O2S/c1-3-13-6-4-5-8(12)11-7(2)9(10)14/h7H,3-6H2,1-2H3,(H2,10,14)(H,11,12). The molecule has 0 fully saturated rings. The van der Waals surface area contributed by atoms with Crippen molar-refractivity contribution in [3.05, 3.63) is 0 Å². The number of hydrogen-bond acceptors (Lipinski definition) is 3. The van der Waals surface area contributed by atoms with E-state index in [1.165, 1.54) is 0 Å². The lowest BCUT2D eigenvalue weighted by molar-refractivity contribution is -0.121. The van der Waals surface area contributed by atoms with Gasteiger partial charge in [-0.25, -0.2) is 0 Å². The SMILES string of the molecule is CCOCCCC(=O)NC(C)C(N)=S. The van der Waals surface area contributed by atoms with Gasteiger partial charge in [0.1, 0.15) is 0 Å². The van der Waals surface area contributed by atoms with Crippen molar-refractivity contribution in [3.63, 3.8) is 0 Å². The summed E-state index contributed by atoms with van der Waals surface area (Å²) >= 11 is 4.73. The Morgan fingerprint density at radius 2 is 2.29 bits per heavy atom. The molecule has 0 radical (unpaired) electrons. The molecule has 0 spiro atoms. The molecule has 0 bridgehead atoms. The molecule has 1 amide bonds. The zero-order valence-electron chi connectivity index (χ0n) is 8.71. The molecule has 0 aromatic carbocycles. The number of ether oxygens (including phenoxy) is 1. The minimum Gasteiger partial charge on any atom is -0.392 e. The highest BCUT2D eigenvalue weighted by atomic mass is 32.1. The summed E-state index contributed by atoms with van der Waals surface area (Å²) < 4.78 is 5.11. The van der Waals surface area contributed by atoms with Gasteiger partial charge in [0.05, 0.1) is 11.0 Å². The third kappa shape index (κ3) is 6.80. The van der Waals surface area contributed by atoms with Crippen molar-refractivity contribution >= 4 is 23.1 Å². The van der Waals surface area contributed by atoms with Gasteiger partial charge in [-0.05, 0) is 20.3 Å². The molecule has 0 rings (SSSR count). The monoisotopic (exact) mass is 218 g/mol. The Labute approximate surface area is 90.2 Å². The Morgan fingerprint density at radius 3 is 2.79 bits per heavy atom. The van der Waals surface area contributed by atoms with Gasteiger partial charge in [-0.2, -0.15) is 0 Å². The Bertz CT molecular complexity index is 197. The fraction of sp³-hybridized carbons (Fsp3) is 0.778. The van der Waals surface area contributed by atoms with E-state index in [4.69, 9.17) is 22.7 Å². The maximum Gasteiger partial charge on any atom is 0.220 e. The second-order valence-corrected chi connectivity index (χ2v) is 3.46. The largest absolute Gasteiger partial charge is 0.392 e. The molecule has 5 heteroatoms. The molecule has 4 nitrogen and oxygen atoms in total. The van der Waals surface area contributed by atoms with Crippen molar-refractivity contribution in [2.75, 3.05) is 13.2 Å². The summed E-state index contributed by atoms with van der Waals surface area (Å²) in [4.78, 5) is 11.5. The van der Waals surface area contributed by atoms with Gasteiger partial charge in [-0.3, -0.25) is 4.79 Å². The maximum atomic E-state index is 11.2. The Balaban J connectivity index is 3.50. The number of hydrogen-bond donors (Lipinski definition) is 2. The fourth-order valence-electron chi connectivity index (χ4n) is 0.864. The lowest BCUT2D eigenvalue weighted by Crippen LogP contribution is -2.41. The van der Waals surface area contributed by atoms with E-state index in [9.17, 15) is 4.79 Å². The zero-order chi connectivity index (χ0) is 11.0. The van der Waals surface area contributed by atoms with E-state index in [1.54, 1.807) is 6.92 Å². The van der Waals surface area contributed by atoms with Crippen LogP contribution in [0.4, 0.5) is 0 Å². The molecule has 0 heterocycles. The van der Waals surface area contributed by atoms with Gasteiger partial charge >= 0.3 is 0 Å². The first-order valence-electron chi connectivity index (χ1n) is 4.74. The van der Waals surface area contributed by atoms with Crippen molar-refractivity contribution in [1.29, 1.82) is 0 Å². The Hall–Kier alpha value is -0.680. The molecule has 0 saturated heterocycles. The van der Waals surface area contributed by atoms with Crippen molar-refractivity contribution in [1.82, 2.24) is 5.32 Å². The first-order chi connectivity index (χ1) is 6.57. The van der Waals surface area contributed by atoms with E-state index < -0.39 is 0 Å². The van der Waals surface area contributed by atoms with Gasteiger partial charge in [0.2, 0.25) is 5.91 Å². The molecule has 14 heavy (non-hydrogen) atoms. The van der Waals surface area contributed by atoms with Crippen LogP contribution in [-0.4, -0.2) is 30.2 Å². The fourth-order valence-corrected chi connectivity index (χ4v) is 0.923. The zero-order valence-corrected chi connectivity index (χ0v) is 9.52. The molecule has 0 aliphatic rings. The Kier molecular flexibility index (Phi) is 7.32. The van der Waals surface area contributed by atoms with Gasteiger partial charge in [0.15, 0.2) is 0 Å². The molecule has 3 N–H and O–H groups in total. The first kappa shape index (κ1) is 13.3. The summed E-state index contributed by atoms with van der Waals surface area (Å²) in [6, 6.07) is -0.232. The van der Waals surface area contributed by atoms with Gasteiger partial charge in [-0.15, -0.1) is 0 Å². The molecule has 0 aromatic heterocycles. The summed E-state index contributed by atoms with van der Waals surface area (Å²) in [5.41, 5.74) is 5.35. The highest BCUT2D eigenvalue weighted by Crippen LogP contribution is 1.92. The molecular weight excluding hydrogens is 200 g/mol. The normalized spacial score (nSPS) is 12.1. The van der Waals surface area contributed by atoms with Gasteiger partial charge < -0.3 is 15.8 Å². The minimum absolute atomic E-state index is 0.0370. The number of rotatable bonds is 7. The predicted octanol–water partition coefficient (Wildman–Crippen LogP) is 0.594. The summed E-state index contributed by atoms with van der Waals surface area (Å²) in [7, 11) is 0. The quantitative estimate of drug-likeness (QED) is 0.485. The van der Waals surface area contributed by atoms with Crippen LogP contribution in [0.25, 0.3) is 0 Å². The molecule has 1 atom stereocenters. The van der Waals surface area contributed by atoms with Crippen LogP contribution in [0.1, 0.15) is 26.7 Å². The van der Waals surface area contributed by atoms with E-state index in [0.29, 0.717) is 24.6 Å². The molecule has 0 aromatic rings. The summed E-state index contributed by atoms with van der Waals surface area (Å²) in [5.74, 6) is -0.0370. The van der Waals surface area contributed by atoms with Crippen LogP contribution in [0.3, 0.4) is 0 Å². The van der Waals surface area contributed by atoms with Gasteiger partial charge in [0, 0.05) is 19.6 Å². The van der Waals surface area contributed by atoms with Crippen LogP contribution in [0.5, 0.6) is 0 Å². The third-order valence-electron chi connectivity index (χ3n) is 1.70. The van der Waals surface area contributed by atoms with Gasteiger partial charge in [0.25, 0.3) is 0 Å². The molecular formula is C9H18N2O2S. The van der Waals surface area contributed by atoms with E-state index in [1.807, 2.05) is 6.92 Å². The second kappa shape index (κ2) is 7.70. The van der Waals surface area contributed by atoms with Crippen LogP contribution >= 0.6 is 12.2 Å². The van der Waals surface area contributed by atoms with E-state index in [0.717, 1.165) is 6.42 Å². The third-order valence-corrected chi connectivity index (χ3v) is 2.05. The lowest BCUT2D eigenvalue weighted by atomic mass is 10.2. The van der Waals surface area contributed by atoms with E-state index >= 15 is 0 Å². The lowest BCUT2D eigenvalue weighted by Gasteiger charge is -2.11. The average molecular weight is 218 g/mol. The van der Waals surface area contributed by atoms with Crippen molar-refractivity contribution in [2.45, 2.75) is 32.7 Å². The van der Waals surface area contributed by atoms with Crippen LogP contribution in [0, 0.1) is 0 Å². The Morgan fingerprint density at radius 1 is 1.64 bits per heavy atom. The second-order valence-electron chi connectivity index (χ2n) is 2.99. The highest BCUT2D eigenvalue weighted by Gasteiger charge is 2.08. The minimum atomic E-state index is -0.232. The number of carbonyl (C=O) groups excluding carboxylic acids is 1. The summed E-state index contributed by atoms with van der Waals surface area (Å²) in [6.45, 7) is 4.99. The van der Waals surface area contributed by atoms with Gasteiger partial charge in [-0.1, -0.05) is 12.2 Å². The molecule has 0 saturated carbocycles. The number of carbonyl (C=O) groups is 1. The van der Waals surface area contributed by atoms with Crippen molar-refractivity contribution in [2.24, 2.45) is 5.73 Å². The van der Waals surface area contributed by atoms with Crippen LogP contribution in [0.15, 0.2) is 0 Å².